The van der Waals surface area contributed by atoms with E-state index >= 15 is 0 Å². The number of hydrogen-bond acceptors (Lipinski definition) is 7. The van der Waals surface area contributed by atoms with E-state index in [1.807, 2.05) is 20.8 Å². The van der Waals surface area contributed by atoms with Crippen LogP contribution in [0.3, 0.4) is 0 Å². The first kappa shape index (κ1) is 28.3. The molecule has 204 valence electrons. The minimum atomic E-state index is -3.18. The Morgan fingerprint density at radius 1 is 1.16 bits per heavy atom. The second-order valence-electron chi connectivity index (χ2n) is 9.40. The van der Waals surface area contributed by atoms with Crippen LogP contribution in [0.25, 0.3) is 11.5 Å². The lowest BCUT2D eigenvalue weighted by molar-refractivity contribution is -0.0512. The van der Waals surface area contributed by atoms with E-state index < -0.39 is 53.3 Å². The summed E-state index contributed by atoms with van der Waals surface area (Å²) >= 11 is 0. The van der Waals surface area contributed by atoms with Crippen molar-refractivity contribution in [1.29, 1.82) is 0 Å². The van der Waals surface area contributed by atoms with E-state index in [2.05, 4.69) is 15.0 Å². The van der Waals surface area contributed by atoms with E-state index in [9.17, 15) is 32.3 Å². The number of alkyl halides is 2. The minimum Gasteiger partial charge on any atom is -0.504 e. The van der Waals surface area contributed by atoms with Gasteiger partial charge in [0.05, 0.1) is 0 Å². The zero-order valence-corrected chi connectivity index (χ0v) is 20.6. The molecule has 1 unspecified atom stereocenters. The number of phenols is 1. The van der Waals surface area contributed by atoms with Crippen LogP contribution in [0.5, 0.6) is 11.5 Å². The third-order valence-corrected chi connectivity index (χ3v) is 5.09. The number of halogens is 4. The Balaban J connectivity index is 2.02. The molecule has 2 aromatic carbocycles. The predicted molar refractivity (Wildman–Crippen MR) is 125 cm³/mol. The van der Waals surface area contributed by atoms with Crippen molar-refractivity contribution in [3.63, 3.8) is 0 Å². The largest absolute Gasteiger partial charge is 0.504 e. The summed E-state index contributed by atoms with van der Waals surface area (Å²) in [6.45, 7) is 1.98. The summed E-state index contributed by atoms with van der Waals surface area (Å²) in [6, 6.07) is 6.16. The summed E-state index contributed by atoms with van der Waals surface area (Å²) in [5.41, 5.74) is 4.49. The number of oxazole rings is 1. The van der Waals surface area contributed by atoms with Crippen molar-refractivity contribution in [2.24, 2.45) is 11.1 Å². The number of nitrogens with zero attached hydrogens (tertiary/aromatic N) is 1. The molecule has 1 heterocycles. The fourth-order valence-electron chi connectivity index (χ4n) is 3.49. The summed E-state index contributed by atoms with van der Waals surface area (Å²) in [7, 11) is 0. The van der Waals surface area contributed by atoms with E-state index in [4.69, 9.17) is 14.9 Å². The Labute approximate surface area is 214 Å². The third kappa shape index (κ3) is 7.37. The molecule has 0 saturated heterocycles. The maximum absolute atomic E-state index is 14.0. The molecular formula is C25H25F4N3O6. The number of carbonyl (C=O) groups excluding carboxylic acids is 2. The summed E-state index contributed by atoms with van der Waals surface area (Å²) in [5.74, 6) is -4.11. The Morgan fingerprint density at radius 3 is 2.45 bits per heavy atom. The molecule has 0 spiro atoms. The summed E-state index contributed by atoms with van der Waals surface area (Å²) in [5, 5.41) is 12.5. The lowest BCUT2D eigenvalue weighted by Crippen LogP contribution is -2.27. The van der Waals surface area contributed by atoms with Crippen LogP contribution in [-0.4, -0.2) is 28.7 Å². The standard InChI is InChI=1S/C25H25F4N3O6/c1-25(2,3)10-18(37-24(30)35)20-19(21(34)31-11-13-4-6-14(26)9-15(13)27)32-22(38-20)12-5-7-17(16(33)8-12)36-23(28)29/h4-9,18,23,33H,10-11H2,1-3H3,(H2,30,35)(H,31,34). The number of nitrogens with two attached hydrogens (primary N) is 1. The molecule has 3 aromatic rings. The van der Waals surface area contributed by atoms with Crippen LogP contribution >= 0.6 is 0 Å². The Kier molecular flexibility index (Phi) is 8.49. The van der Waals surface area contributed by atoms with Crippen molar-refractivity contribution in [1.82, 2.24) is 10.3 Å². The van der Waals surface area contributed by atoms with Gasteiger partial charge in [-0.2, -0.15) is 8.78 Å². The number of nitrogens with one attached hydrogen (secondary N) is 1. The highest BCUT2D eigenvalue weighted by molar-refractivity contribution is 5.94. The number of aromatic hydroxyl groups is 1. The number of aromatic nitrogens is 1. The second kappa shape index (κ2) is 11.4. The van der Waals surface area contributed by atoms with Crippen LogP contribution in [0.1, 0.15) is 55.1 Å². The van der Waals surface area contributed by atoms with Gasteiger partial charge in [0.2, 0.25) is 5.89 Å². The zero-order chi connectivity index (χ0) is 28.2. The number of primary amides is 1. The number of benzene rings is 2. The van der Waals surface area contributed by atoms with Crippen molar-refractivity contribution in [3.8, 4) is 23.0 Å². The molecular weight excluding hydrogens is 514 g/mol. The van der Waals surface area contributed by atoms with Gasteiger partial charge >= 0.3 is 12.7 Å². The SMILES string of the molecule is CC(C)(C)CC(OC(N)=O)c1oc(-c2ccc(OC(F)F)c(O)c2)nc1C(=O)NCc1ccc(F)cc1F. The van der Waals surface area contributed by atoms with Crippen molar-refractivity contribution >= 4 is 12.0 Å². The van der Waals surface area contributed by atoms with Gasteiger partial charge in [-0.25, -0.2) is 18.6 Å². The van der Waals surface area contributed by atoms with Crippen LogP contribution in [0.4, 0.5) is 22.4 Å². The predicted octanol–water partition coefficient (Wildman–Crippen LogP) is 5.43. The molecule has 0 bridgehead atoms. The quantitative estimate of drug-likeness (QED) is 0.309. The summed E-state index contributed by atoms with van der Waals surface area (Å²) in [4.78, 5) is 28.9. The molecule has 9 nitrogen and oxygen atoms in total. The zero-order valence-electron chi connectivity index (χ0n) is 20.6. The average molecular weight is 539 g/mol. The van der Waals surface area contributed by atoms with Crippen LogP contribution in [-0.2, 0) is 11.3 Å². The summed E-state index contributed by atoms with van der Waals surface area (Å²) < 4.78 is 67.5. The minimum absolute atomic E-state index is 0.0100. The molecule has 0 saturated carbocycles. The molecule has 0 aliphatic carbocycles. The number of hydrogen-bond donors (Lipinski definition) is 3. The average Bonchev–Trinajstić information content (AvgIpc) is 3.23. The second-order valence-corrected chi connectivity index (χ2v) is 9.40. The van der Waals surface area contributed by atoms with Crippen LogP contribution < -0.4 is 15.8 Å². The van der Waals surface area contributed by atoms with Crippen molar-refractivity contribution in [2.75, 3.05) is 0 Å². The molecule has 2 amide bonds. The monoisotopic (exact) mass is 539 g/mol. The number of carbonyl (C=O) groups is 2. The first-order chi connectivity index (χ1) is 17.7. The van der Waals surface area contributed by atoms with E-state index in [0.29, 0.717) is 6.07 Å². The Hall–Kier alpha value is -4.29. The van der Waals surface area contributed by atoms with Crippen molar-refractivity contribution in [3.05, 3.63) is 65.1 Å². The maximum atomic E-state index is 14.0. The number of phenolic OH excluding ortho intramolecular Hbond substituents is 1. The molecule has 0 aliphatic rings. The molecule has 1 atom stereocenters. The van der Waals surface area contributed by atoms with Crippen LogP contribution in [0.2, 0.25) is 0 Å². The Morgan fingerprint density at radius 2 is 1.87 bits per heavy atom. The van der Waals surface area contributed by atoms with Crippen molar-refractivity contribution < 1.29 is 46.1 Å². The van der Waals surface area contributed by atoms with E-state index in [1.54, 1.807) is 0 Å². The highest BCUT2D eigenvalue weighted by Crippen LogP contribution is 2.38. The summed E-state index contributed by atoms with van der Waals surface area (Å²) in [6.07, 6.45) is -2.18. The van der Waals surface area contributed by atoms with E-state index in [-0.39, 0.29) is 41.4 Å². The lowest BCUT2D eigenvalue weighted by Gasteiger charge is -2.24. The fraction of sp³-hybridized carbons (Fsp3) is 0.320. The van der Waals surface area contributed by atoms with Crippen LogP contribution in [0.15, 0.2) is 40.8 Å². The molecule has 3 rings (SSSR count). The van der Waals surface area contributed by atoms with Gasteiger partial charge in [-0.05, 0) is 36.1 Å². The normalized spacial score (nSPS) is 12.3. The molecule has 38 heavy (non-hydrogen) atoms. The van der Waals surface area contributed by atoms with Gasteiger partial charge in [-0.15, -0.1) is 0 Å². The molecule has 1 aromatic heterocycles. The number of rotatable bonds is 9. The van der Waals surface area contributed by atoms with Gasteiger partial charge in [0, 0.05) is 23.7 Å². The van der Waals surface area contributed by atoms with E-state index in [1.165, 1.54) is 6.07 Å². The fourth-order valence-corrected chi connectivity index (χ4v) is 3.49. The van der Waals surface area contributed by atoms with Crippen molar-refractivity contribution in [2.45, 2.75) is 46.5 Å². The van der Waals surface area contributed by atoms with Gasteiger partial charge in [-0.3, -0.25) is 4.79 Å². The molecule has 0 fully saturated rings. The molecule has 4 N–H and O–H groups in total. The van der Waals surface area contributed by atoms with Gasteiger partial charge in [0.1, 0.15) is 11.6 Å². The number of ether oxygens (including phenoxy) is 2. The highest BCUT2D eigenvalue weighted by Gasteiger charge is 2.33. The van der Waals surface area contributed by atoms with E-state index in [0.717, 1.165) is 24.3 Å². The highest BCUT2D eigenvalue weighted by atomic mass is 19.3. The molecule has 0 aliphatic heterocycles. The lowest BCUT2D eigenvalue weighted by atomic mass is 9.88. The first-order valence-corrected chi connectivity index (χ1v) is 11.2. The first-order valence-electron chi connectivity index (χ1n) is 11.2. The molecule has 0 radical (unpaired) electrons. The van der Waals surface area contributed by atoms with Gasteiger partial charge in [0.15, 0.2) is 29.1 Å². The van der Waals surface area contributed by atoms with Gasteiger partial charge in [0.25, 0.3) is 5.91 Å². The third-order valence-electron chi connectivity index (χ3n) is 5.09. The van der Waals surface area contributed by atoms with Crippen LogP contribution in [0, 0.1) is 17.0 Å². The molecule has 13 heteroatoms. The van der Waals surface area contributed by atoms with Gasteiger partial charge in [-0.1, -0.05) is 26.8 Å². The smallest absolute Gasteiger partial charge is 0.405 e. The number of amides is 2. The topological polar surface area (TPSA) is 137 Å². The van der Waals surface area contributed by atoms with Gasteiger partial charge < -0.3 is 30.0 Å². The Bertz CT molecular complexity index is 1320. The maximum Gasteiger partial charge on any atom is 0.405 e.